The van der Waals surface area contributed by atoms with Gasteiger partial charge >= 0.3 is 0 Å². The first-order chi connectivity index (χ1) is 13.2. The maximum Gasteiger partial charge on any atom is 0.253 e. The van der Waals surface area contributed by atoms with Crippen LogP contribution in [0.1, 0.15) is 54.3 Å². The summed E-state index contributed by atoms with van der Waals surface area (Å²) in [5.74, 6) is -0.221. The smallest absolute Gasteiger partial charge is 0.253 e. The van der Waals surface area contributed by atoms with Gasteiger partial charge in [-0.15, -0.1) is 12.4 Å². The number of benzene rings is 1. The number of halogens is 1. The number of hydrogen-bond acceptors (Lipinski definition) is 4. The van der Waals surface area contributed by atoms with Crippen LogP contribution in [0.15, 0.2) is 24.3 Å². The quantitative estimate of drug-likeness (QED) is 0.704. The van der Waals surface area contributed by atoms with Gasteiger partial charge in [0.2, 0.25) is 0 Å². The van der Waals surface area contributed by atoms with E-state index in [1.54, 1.807) is 43.3 Å². The van der Waals surface area contributed by atoms with Crippen LogP contribution >= 0.6 is 12.4 Å². The summed E-state index contributed by atoms with van der Waals surface area (Å²) in [4.78, 5) is 27.1. The van der Waals surface area contributed by atoms with Gasteiger partial charge in [0.05, 0.1) is 6.61 Å². The van der Waals surface area contributed by atoms with E-state index in [4.69, 9.17) is 4.74 Å². The first kappa shape index (κ1) is 25.4. The number of nitrogens with one attached hydrogen (secondary N) is 2. The van der Waals surface area contributed by atoms with E-state index < -0.39 is 0 Å². The Kier molecular flexibility index (Phi) is 9.59. The lowest BCUT2D eigenvalue weighted by Crippen LogP contribution is -2.47. The van der Waals surface area contributed by atoms with E-state index in [1.165, 1.54) is 0 Å². The molecule has 1 heterocycles. The summed E-state index contributed by atoms with van der Waals surface area (Å²) < 4.78 is 5.41. The van der Waals surface area contributed by atoms with Crippen molar-refractivity contribution in [3.8, 4) is 0 Å². The topological polar surface area (TPSA) is 70.7 Å². The van der Waals surface area contributed by atoms with Crippen LogP contribution in [0.2, 0.25) is 0 Å². The van der Waals surface area contributed by atoms with Gasteiger partial charge < -0.3 is 20.3 Å². The van der Waals surface area contributed by atoms with Gasteiger partial charge in [-0.2, -0.15) is 0 Å². The Morgan fingerprint density at radius 3 is 2.41 bits per heavy atom. The number of carbonyl (C=O) groups is 2. The van der Waals surface area contributed by atoms with Crippen molar-refractivity contribution >= 4 is 24.2 Å². The van der Waals surface area contributed by atoms with Crippen molar-refractivity contribution in [2.24, 2.45) is 10.8 Å². The van der Waals surface area contributed by atoms with E-state index in [0.29, 0.717) is 30.8 Å². The number of hydrogen-bond donors (Lipinski definition) is 2. The molecule has 0 unspecified atom stereocenters. The Morgan fingerprint density at radius 1 is 1.21 bits per heavy atom. The van der Waals surface area contributed by atoms with Crippen molar-refractivity contribution in [1.82, 2.24) is 15.5 Å². The van der Waals surface area contributed by atoms with Crippen LogP contribution in [0.25, 0.3) is 0 Å². The standard InChI is InChI=1S/C22H35N3O3.ClH/c1-21(2,3)15-25(4)20(27)18-8-6-7-17(13-18)19(26)24-14-22(16-28-5)9-11-23-12-10-22;/h6-8,13,23H,9-12,14-16H2,1-5H3,(H,24,26);1H. The van der Waals surface area contributed by atoms with Crippen molar-refractivity contribution in [2.45, 2.75) is 33.6 Å². The van der Waals surface area contributed by atoms with E-state index in [1.807, 2.05) is 0 Å². The molecule has 164 valence electrons. The van der Waals surface area contributed by atoms with Gasteiger partial charge in [-0.3, -0.25) is 9.59 Å². The fraction of sp³-hybridized carbons (Fsp3) is 0.636. The molecule has 1 aliphatic rings. The summed E-state index contributed by atoms with van der Waals surface area (Å²) >= 11 is 0. The SMILES string of the molecule is COCC1(CNC(=O)c2cccc(C(=O)N(C)CC(C)(C)C)c2)CCNCC1.Cl. The summed E-state index contributed by atoms with van der Waals surface area (Å²) in [7, 11) is 3.50. The molecule has 0 bridgehead atoms. The number of ether oxygens (including phenoxy) is 1. The number of rotatable bonds is 7. The van der Waals surface area contributed by atoms with Crippen molar-refractivity contribution in [1.29, 1.82) is 0 Å². The Balaban J connectivity index is 0.00000420. The monoisotopic (exact) mass is 425 g/mol. The van der Waals surface area contributed by atoms with Crippen molar-refractivity contribution in [3.05, 3.63) is 35.4 Å². The minimum absolute atomic E-state index is 0. The van der Waals surface area contributed by atoms with E-state index in [0.717, 1.165) is 25.9 Å². The summed E-state index contributed by atoms with van der Waals surface area (Å²) in [6.07, 6.45) is 1.94. The first-order valence-electron chi connectivity index (χ1n) is 9.99. The molecule has 6 nitrogen and oxygen atoms in total. The number of methoxy groups -OCH3 is 1. The number of nitrogens with zero attached hydrogens (tertiary/aromatic N) is 1. The third kappa shape index (κ3) is 7.61. The summed E-state index contributed by atoms with van der Waals surface area (Å²) in [5.41, 5.74) is 1.03. The van der Waals surface area contributed by atoms with Crippen LogP contribution in [0, 0.1) is 10.8 Å². The van der Waals surface area contributed by atoms with E-state index in [2.05, 4.69) is 31.4 Å². The number of carbonyl (C=O) groups excluding carboxylic acids is 2. The van der Waals surface area contributed by atoms with Gasteiger partial charge in [0.25, 0.3) is 11.8 Å². The lowest BCUT2D eigenvalue weighted by Gasteiger charge is -2.37. The molecule has 2 rings (SSSR count). The van der Waals surface area contributed by atoms with Crippen molar-refractivity contribution < 1.29 is 14.3 Å². The molecule has 1 aromatic rings. The second kappa shape index (κ2) is 11.0. The van der Waals surface area contributed by atoms with Gasteiger partial charge in [-0.25, -0.2) is 0 Å². The molecule has 2 N–H and O–H groups in total. The van der Waals surface area contributed by atoms with Crippen LogP contribution in [0.5, 0.6) is 0 Å². The third-order valence-corrected chi connectivity index (χ3v) is 5.17. The fourth-order valence-corrected chi connectivity index (χ4v) is 3.80. The molecule has 0 aliphatic carbocycles. The molecule has 1 aliphatic heterocycles. The fourth-order valence-electron chi connectivity index (χ4n) is 3.80. The second-order valence-corrected chi connectivity index (χ2v) is 9.17. The summed E-state index contributed by atoms with van der Waals surface area (Å²) in [6, 6.07) is 6.96. The largest absolute Gasteiger partial charge is 0.384 e. The van der Waals surface area contributed by atoms with Gasteiger partial charge in [0, 0.05) is 43.8 Å². The number of amides is 2. The predicted molar refractivity (Wildman–Crippen MR) is 119 cm³/mol. The zero-order chi connectivity index (χ0) is 20.8. The van der Waals surface area contributed by atoms with Gasteiger partial charge in [0.1, 0.15) is 0 Å². The Bertz CT molecular complexity index is 677. The molecule has 29 heavy (non-hydrogen) atoms. The molecule has 0 radical (unpaired) electrons. The molecule has 0 saturated carbocycles. The highest BCUT2D eigenvalue weighted by Crippen LogP contribution is 2.28. The van der Waals surface area contributed by atoms with Crippen molar-refractivity contribution in [3.63, 3.8) is 0 Å². The average Bonchev–Trinajstić information content (AvgIpc) is 2.65. The normalized spacial score (nSPS) is 15.9. The highest BCUT2D eigenvalue weighted by Gasteiger charge is 2.32. The van der Waals surface area contributed by atoms with Gasteiger partial charge in [0.15, 0.2) is 0 Å². The Morgan fingerprint density at radius 2 is 1.83 bits per heavy atom. The van der Waals surface area contributed by atoms with Crippen LogP contribution in [-0.2, 0) is 4.74 Å². The minimum Gasteiger partial charge on any atom is -0.384 e. The van der Waals surface area contributed by atoms with Crippen LogP contribution in [0.4, 0.5) is 0 Å². The summed E-state index contributed by atoms with van der Waals surface area (Å²) in [6.45, 7) is 10.0. The molecule has 0 spiro atoms. The average molecular weight is 426 g/mol. The maximum absolute atomic E-state index is 12.7. The molecule has 7 heteroatoms. The van der Waals surface area contributed by atoms with E-state index in [9.17, 15) is 9.59 Å². The lowest BCUT2D eigenvalue weighted by molar-refractivity contribution is 0.0511. The third-order valence-electron chi connectivity index (χ3n) is 5.17. The zero-order valence-corrected chi connectivity index (χ0v) is 19.2. The first-order valence-corrected chi connectivity index (χ1v) is 9.99. The molecular weight excluding hydrogens is 390 g/mol. The molecule has 1 saturated heterocycles. The van der Waals surface area contributed by atoms with Crippen LogP contribution < -0.4 is 10.6 Å². The predicted octanol–water partition coefficient (Wildman–Crippen LogP) is 2.97. The Labute approximate surface area is 181 Å². The molecule has 1 fully saturated rings. The highest BCUT2D eigenvalue weighted by molar-refractivity contribution is 5.99. The van der Waals surface area contributed by atoms with Crippen LogP contribution in [0.3, 0.4) is 0 Å². The lowest BCUT2D eigenvalue weighted by atomic mass is 9.79. The minimum atomic E-state index is -0.151. The zero-order valence-electron chi connectivity index (χ0n) is 18.3. The molecule has 1 aromatic carbocycles. The molecule has 0 atom stereocenters. The Hall–Kier alpha value is -1.63. The van der Waals surface area contributed by atoms with Crippen molar-refractivity contribution in [2.75, 3.05) is 46.9 Å². The molecule has 0 aromatic heterocycles. The summed E-state index contributed by atoms with van der Waals surface area (Å²) in [5, 5.41) is 6.41. The van der Waals surface area contributed by atoms with Crippen LogP contribution in [-0.4, -0.2) is 63.7 Å². The van der Waals surface area contributed by atoms with E-state index in [-0.39, 0.29) is 35.1 Å². The van der Waals surface area contributed by atoms with E-state index >= 15 is 0 Å². The van der Waals surface area contributed by atoms with Gasteiger partial charge in [-0.1, -0.05) is 26.8 Å². The number of piperidine rings is 1. The second-order valence-electron chi connectivity index (χ2n) is 9.17. The molecular formula is C22H36ClN3O3. The van der Waals surface area contributed by atoms with Gasteiger partial charge in [-0.05, 0) is 49.5 Å². The highest BCUT2D eigenvalue weighted by atomic mass is 35.5. The molecule has 2 amide bonds. The maximum atomic E-state index is 12.7.